The fraction of sp³-hybridized carbons (Fsp3) is 0.200. The van der Waals surface area contributed by atoms with E-state index in [1.54, 1.807) is 30.5 Å². The molecule has 0 saturated carbocycles. The van der Waals surface area contributed by atoms with Crippen LogP contribution in [0.1, 0.15) is 15.9 Å². The summed E-state index contributed by atoms with van der Waals surface area (Å²) in [5.74, 6) is 0.111. The molecule has 3 N–H and O–H groups in total. The number of pyridine rings is 1. The van der Waals surface area contributed by atoms with Crippen molar-refractivity contribution in [3.8, 4) is 5.75 Å². The summed E-state index contributed by atoms with van der Waals surface area (Å²) in [4.78, 5) is 15.7. The van der Waals surface area contributed by atoms with Crippen LogP contribution in [0.4, 0.5) is 0 Å². The summed E-state index contributed by atoms with van der Waals surface area (Å²) in [5, 5.41) is 15.7. The third-order valence-electron chi connectivity index (χ3n) is 2.87. The first kappa shape index (κ1) is 15.5. The number of aromatic hydroxyl groups is 1. The Hall–Kier alpha value is -1.92. The summed E-state index contributed by atoms with van der Waals surface area (Å²) < 4.78 is 0.919. The smallest absolute Gasteiger partial charge is 0.252 e. The average molecular weight is 350 g/mol. The lowest BCUT2D eigenvalue weighted by atomic mass is 10.2. The van der Waals surface area contributed by atoms with E-state index in [9.17, 15) is 9.90 Å². The Morgan fingerprint density at radius 2 is 2.14 bits per heavy atom. The van der Waals surface area contributed by atoms with Gasteiger partial charge in [-0.25, -0.2) is 0 Å². The second kappa shape index (κ2) is 7.75. The first-order chi connectivity index (χ1) is 10.2. The molecule has 6 heteroatoms. The predicted octanol–water partition coefficient (Wildman–Crippen LogP) is 2.07. The molecule has 0 bridgehead atoms. The molecule has 0 aliphatic heterocycles. The van der Waals surface area contributed by atoms with Crippen LogP contribution >= 0.6 is 15.9 Å². The van der Waals surface area contributed by atoms with E-state index in [1.807, 2.05) is 6.07 Å². The molecule has 0 radical (unpaired) electrons. The minimum absolute atomic E-state index is 0.143. The minimum Gasteiger partial charge on any atom is -0.508 e. The van der Waals surface area contributed by atoms with Gasteiger partial charge < -0.3 is 15.7 Å². The molecule has 0 aliphatic carbocycles. The summed E-state index contributed by atoms with van der Waals surface area (Å²) >= 11 is 3.36. The molecule has 2 aromatic rings. The molecule has 0 fully saturated rings. The molecule has 1 aromatic heterocycles. The third-order valence-corrected chi connectivity index (χ3v) is 3.36. The molecule has 0 atom stereocenters. The highest BCUT2D eigenvalue weighted by atomic mass is 79.9. The van der Waals surface area contributed by atoms with Gasteiger partial charge in [-0.05, 0) is 30.3 Å². The number of amides is 1. The molecule has 0 spiro atoms. The molecule has 1 aromatic carbocycles. The number of phenols is 1. The zero-order valence-corrected chi connectivity index (χ0v) is 12.9. The topological polar surface area (TPSA) is 74.2 Å². The van der Waals surface area contributed by atoms with E-state index in [-0.39, 0.29) is 11.7 Å². The minimum atomic E-state index is -0.143. The van der Waals surface area contributed by atoms with E-state index in [0.717, 1.165) is 10.0 Å². The largest absolute Gasteiger partial charge is 0.508 e. The number of carbonyl (C=O) groups is 1. The van der Waals surface area contributed by atoms with Gasteiger partial charge in [-0.3, -0.25) is 9.78 Å². The number of phenolic OH excluding ortho intramolecular Hbond substituents is 1. The summed E-state index contributed by atoms with van der Waals surface area (Å²) in [6.45, 7) is 1.65. The van der Waals surface area contributed by atoms with Crippen LogP contribution in [0.3, 0.4) is 0 Å². The molecule has 0 aliphatic rings. The number of halogens is 1. The second-order valence-corrected chi connectivity index (χ2v) is 5.36. The van der Waals surface area contributed by atoms with Crippen LogP contribution in [0.5, 0.6) is 5.75 Å². The Kier molecular flexibility index (Phi) is 5.71. The Labute approximate surface area is 131 Å². The molecule has 1 heterocycles. The highest BCUT2D eigenvalue weighted by Crippen LogP contribution is 2.21. The van der Waals surface area contributed by atoms with Gasteiger partial charge in [0.2, 0.25) is 0 Å². The Morgan fingerprint density at radius 3 is 2.90 bits per heavy atom. The average Bonchev–Trinajstić information content (AvgIpc) is 2.51. The normalized spacial score (nSPS) is 10.3. The molecule has 2 rings (SSSR count). The van der Waals surface area contributed by atoms with E-state index in [0.29, 0.717) is 25.2 Å². The summed E-state index contributed by atoms with van der Waals surface area (Å²) in [6.07, 6.45) is 3.16. The number of benzene rings is 1. The van der Waals surface area contributed by atoms with Crippen molar-refractivity contribution in [1.82, 2.24) is 15.6 Å². The monoisotopic (exact) mass is 349 g/mol. The van der Waals surface area contributed by atoms with Crippen LogP contribution in [-0.4, -0.2) is 29.1 Å². The van der Waals surface area contributed by atoms with Gasteiger partial charge in [0, 0.05) is 42.1 Å². The standard InChI is InChI=1S/C15H16BrN3O2/c16-13-3-4-14(20)12(8-13)10-18-6-7-19-15(21)11-2-1-5-17-9-11/h1-5,8-9,18,20H,6-7,10H2,(H,19,21). The van der Waals surface area contributed by atoms with Crippen molar-refractivity contribution in [3.63, 3.8) is 0 Å². The maximum absolute atomic E-state index is 11.8. The van der Waals surface area contributed by atoms with Crippen molar-refractivity contribution in [1.29, 1.82) is 0 Å². The summed E-state index contributed by atoms with van der Waals surface area (Å²) in [7, 11) is 0. The van der Waals surface area contributed by atoms with Crippen LogP contribution in [0.15, 0.2) is 47.2 Å². The third kappa shape index (κ3) is 4.84. The summed E-state index contributed by atoms with van der Waals surface area (Å²) in [6, 6.07) is 8.73. The number of carbonyl (C=O) groups excluding carboxylic acids is 1. The van der Waals surface area contributed by atoms with Crippen LogP contribution in [-0.2, 0) is 6.54 Å². The van der Waals surface area contributed by atoms with Crippen LogP contribution in [0.2, 0.25) is 0 Å². The van der Waals surface area contributed by atoms with Crippen molar-refractivity contribution < 1.29 is 9.90 Å². The lowest BCUT2D eigenvalue weighted by molar-refractivity contribution is 0.0953. The number of nitrogens with one attached hydrogen (secondary N) is 2. The molecule has 1 amide bonds. The molecule has 0 saturated heterocycles. The van der Waals surface area contributed by atoms with Crippen molar-refractivity contribution in [2.75, 3.05) is 13.1 Å². The van der Waals surface area contributed by atoms with Gasteiger partial charge in [0.25, 0.3) is 5.91 Å². The van der Waals surface area contributed by atoms with Gasteiger partial charge >= 0.3 is 0 Å². The lowest BCUT2D eigenvalue weighted by Gasteiger charge is -2.08. The van der Waals surface area contributed by atoms with Crippen molar-refractivity contribution in [3.05, 3.63) is 58.3 Å². The van der Waals surface area contributed by atoms with Crippen molar-refractivity contribution in [2.24, 2.45) is 0 Å². The fourth-order valence-corrected chi connectivity index (χ4v) is 2.19. The van der Waals surface area contributed by atoms with Crippen LogP contribution < -0.4 is 10.6 Å². The zero-order valence-electron chi connectivity index (χ0n) is 11.3. The van der Waals surface area contributed by atoms with Crippen molar-refractivity contribution in [2.45, 2.75) is 6.54 Å². The van der Waals surface area contributed by atoms with E-state index >= 15 is 0 Å². The van der Waals surface area contributed by atoms with E-state index in [4.69, 9.17) is 0 Å². The number of rotatable bonds is 6. The summed E-state index contributed by atoms with van der Waals surface area (Å²) in [5.41, 5.74) is 1.35. The molecule has 110 valence electrons. The van der Waals surface area contributed by atoms with Gasteiger partial charge in [-0.1, -0.05) is 15.9 Å². The van der Waals surface area contributed by atoms with Gasteiger partial charge in [0.1, 0.15) is 5.75 Å². The quantitative estimate of drug-likeness (QED) is 0.698. The number of hydrogen-bond donors (Lipinski definition) is 3. The first-order valence-corrected chi connectivity index (χ1v) is 7.32. The zero-order chi connectivity index (χ0) is 15.1. The maximum atomic E-state index is 11.8. The molecule has 0 unspecified atom stereocenters. The van der Waals surface area contributed by atoms with Gasteiger partial charge in [0.15, 0.2) is 0 Å². The SMILES string of the molecule is O=C(NCCNCc1cc(Br)ccc1O)c1cccnc1. The maximum Gasteiger partial charge on any atom is 0.252 e. The highest BCUT2D eigenvalue weighted by molar-refractivity contribution is 9.10. The Balaban J connectivity index is 1.71. The van der Waals surface area contributed by atoms with Gasteiger partial charge in [-0.2, -0.15) is 0 Å². The second-order valence-electron chi connectivity index (χ2n) is 4.45. The first-order valence-electron chi connectivity index (χ1n) is 6.53. The van der Waals surface area contributed by atoms with E-state index in [2.05, 4.69) is 31.5 Å². The van der Waals surface area contributed by atoms with E-state index in [1.165, 1.54) is 6.20 Å². The fourth-order valence-electron chi connectivity index (χ4n) is 1.78. The Morgan fingerprint density at radius 1 is 1.29 bits per heavy atom. The molecule has 5 nitrogen and oxygen atoms in total. The van der Waals surface area contributed by atoms with Gasteiger partial charge in [-0.15, -0.1) is 0 Å². The lowest BCUT2D eigenvalue weighted by Crippen LogP contribution is -2.31. The number of aromatic nitrogens is 1. The highest BCUT2D eigenvalue weighted by Gasteiger charge is 2.04. The van der Waals surface area contributed by atoms with Crippen LogP contribution in [0, 0.1) is 0 Å². The van der Waals surface area contributed by atoms with Crippen LogP contribution in [0.25, 0.3) is 0 Å². The molecule has 21 heavy (non-hydrogen) atoms. The molecular formula is C15H16BrN3O2. The molecular weight excluding hydrogens is 334 g/mol. The number of hydrogen-bond acceptors (Lipinski definition) is 4. The Bertz CT molecular complexity index is 605. The number of nitrogens with zero attached hydrogens (tertiary/aromatic N) is 1. The van der Waals surface area contributed by atoms with Gasteiger partial charge in [0.05, 0.1) is 5.56 Å². The predicted molar refractivity (Wildman–Crippen MR) is 84.1 cm³/mol. The van der Waals surface area contributed by atoms with Crippen molar-refractivity contribution >= 4 is 21.8 Å². The van der Waals surface area contributed by atoms with E-state index < -0.39 is 0 Å².